The Morgan fingerprint density at radius 2 is 1.94 bits per heavy atom. The van der Waals surface area contributed by atoms with Crippen LogP contribution in [-0.4, -0.2) is 39.1 Å². The highest BCUT2D eigenvalue weighted by atomic mass is 32.1. The van der Waals surface area contributed by atoms with Crippen LogP contribution in [0.25, 0.3) is 11.5 Å². The number of rotatable bonds is 6. The van der Waals surface area contributed by atoms with Crippen molar-refractivity contribution in [3.63, 3.8) is 0 Å². The number of carbonyl (C=O) groups excluding carboxylic acids is 2. The molecule has 0 radical (unpaired) electrons. The number of hydrogen-bond donors (Lipinski definition) is 0. The second-order valence-electron chi connectivity index (χ2n) is 7.59. The van der Waals surface area contributed by atoms with Crippen LogP contribution >= 0.6 is 11.3 Å². The van der Waals surface area contributed by atoms with Crippen molar-refractivity contribution in [2.45, 2.75) is 58.1 Å². The fourth-order valence-electron chi connectivity index (χ4n) is 3.74. The fraction of sp³-hybridized carbons (Fsp3) is 0.409. The summed E-state index contributed by atoms with van der Waals surface area (Å²) in [6, 6.07) is 6.74. The van der Waals surface area contributed by atoms with Crippen LogP contribution in [0.4, 0.5) is 5.13 Å². The molecule has 1 unspecified atom stereocenters. The van der Waals surface area contributed by atoms with Gasteiger partial charge in [-0.05, 0) is 51.0 Å². The number of esters is 1. The molecular formula is C22H24N4O4S. The summed E-state index contributed by atoms with van der Waals surface area (Å²) in [6.07, 6.45) is 5.98. The Balaban J connectivity index is 1.45. The molecule has 2 heterocycles. The number of hydrogen-bond acceptors (Lipinski definition) is 8. The van der Waals surface area contributed by atoms with Crippen LogP contribution in [0, 0.1) is 6.92 Å². The van der Waals surface area contributed by atoms with Gasteiger partial charge in [-0.3, -0.25) is 9.69 Å². The molecule has 0 spiro atoms. The smallest absolute Gasteiger partial charge is 0.338 e. The lowest BCUT2D eigenvalue weighted by Gasteiger charge is -2.33. The van der Waals surface area contributed by atoms with E-state index < -0.39 is 12.1 Å². The Hall–Kier alpha value is -3.07. The number of nitrogens with zero attached hydrogens (tertiary/aromatic N) is 4. The number of amides is 1. The molecule has 1 aliphatic carbocycles. The zero-order valence-corrected chi connectivity index (χ0v) is 18.3. The van der Waals surface area contributed by atoms with Crippen molar-refractivity contribution in [1.29, 1.82) is 0 Å². The van der Waals surface area contributed by atoms with E-state index in [4.69, 9.17) is 9.26 Å². The average Bonchev–Trinajstić information content (AvgIpc) is 3.47. The third-order valence-electron chi connectivity index (χ3n) is 5.33. The Labute approximate surface area is 184 Å². The van der Waals surface area contributed by atoms with Crippen molar-refractivity contribution in [1.82, 2.24) is 15.1 Å². The molecule has 0 saturated heterocycles. The number of anilines is 1. The van der Waals surface area contributed by atoms with Gasteiger partial charge in [0.2, 0.25) is 0 Å². The Kier molecular flexibility index (Phi) is 6.41. The molecule has 1 fully saturated rings. The second kappa shape index (κ2) is 9.38. The fourth-order valence-corrected chi connectivity index (χ4v) is 4.46. The van der Waals surface area contributed by atoms with Crippen LogP contribution in [0.15, 0.2) is 40.4 Å². The van der Waals surface area contributed by atoms with Crippen LogP contribution < -0.4 is 4.90 Å². The average molecular weight is 441 g/mol. The van der Waals surface area contributed by atoms with Gasteiger partial charge in [-0.25, -0.2) is 9.78 Å². The summed E-state index contributed by atoms with van der Waals surface area (Å²) in [5.74, 6) is 0.117. The predicted octanol–water partition coefficient (Wildman–Crippen LogP) is 4.41. The van der Waals surface area contributed by atoms with E-state index in [0.717, 1.165) is 25.7 Å². The molecule has 162 valence electrons. The predicted molar refractivity (Wildman–Crippen MR) is 116 cm³/mol. The highest BCUT2D eigenvalue weighted by Crippen LogP contribution is 2.30. The summed E-state index contributed by atoms with van der Waals surface area (Å²) >= 11 is 1.42. The maximum atomic E-state index is 13.2. The first-order valence-electron chi connectivity index (χ1n) is 10.4. The topological polar surface area (TPSA) is 98.4 Å². The largest absolute Gasteiger partial charge is 0.449 e. The van der Waals surface area contributed by atoms with E-state index in [2.05, 4.69) is 15.1 Å². The van der Waals surface area contributed by atoms with Crippen molar-refractivity contribution in [2.75, 3.05) is 4.90 Å². The van der Waals surface area contributed by atoms with E-state index in [1.54, 1.807) is 49.2 Å². The third kappa shape index (κ3) is 4.82. The third-order valence-corrected chi connectivity index (χ3v) is 6.10. The Morgan fingerprint density at radius 1 is 1.19 bits per heavy atom. The summed E-state index contributed by atoms with van der Waals surface area (Å²) in [5, 5.41) is 6.26. The van der Waals surface area contributed by atoms with Crippen molar-refractivity contribution in [3.05, 3.63) is 47.2 Å². The van der Waals surface area contributed by atoms with Gasteiger partial charge < -0.3 is 9.26 Å². The zero-order valence-electron chi connectivity index (χ0n) is 17.5. The summed E-state index contributed by atoms with van der Waals surface area (Å²) in [6.45, 7) is 3.35. The Morgan fingerprint density at radius 3 is 2.55 bits per heavy atom. The SMILES string of the molecule is Cc1noc(-c2ccc(C(=O)OC(C)C(=O)N(c3nccs3)C3CCCCC3)cc2)n1. The number of benzene rings is 1. The van der Waals surface area contributed by atoms with Crippen molar-refractivity contribution in [2.24, 2.45) is 0 Å². The summed E-state index contributed by atoms with van der Waals surface area (Å²) in [4.78, 5) is 36.1. The van der Waals surface area contributed by atoms with Gasteiger partial charge in [0.05, 0.1) is 5.56 Å². The van der Waals surface area contributed by atoms with Gasteiger partial charge in [-0.1, -0.05) is 24.4 Å². The first-order chi connectivity index (χ1) is 15.0. The van der Waals surface area contributed by atoms with E-state index in [9.17, 15) is 9.59 Å². The van der Waals surface area contributed by atoms with Gasteiger partial charge in [-0.2, -0.15) is 4.98 Å². The summed E-state index contributed by atoms with van der Waals surface area (Å²) in [5.41, 5.74) is 1.05. The monoisotopic (exact) mass is 440 g/mol. The lowest BCUT2D eigenvalue weighted by molar-refractivity contribution is -0.127. The Bertz CT molecular complexity index is 1030. The molecule has 2 aromatic heterocycles. The number of carbonyl (C=O) groups is 2. The molecule has 1 atom stereocenters. The molecule has 1 aromatic carbocycles. The first-order valence-corrected chi connectivity index (χ1v) is 11.2. The van der Waals surface area contributed by atoms with Crippen molar-refractivity contribution in [3.8, 4) is 11.5 Å². The molecule has 1 amide bonds. The molecule has 0 N–H and O–H groups in total. The molecule has 31 heavy (non-hydrogen) atoms. The van der Waals surface area contributed by atoms with Crippen molar-refractivity contribution < 1.29 is 18.8 Å². The van der Waals surface area contributed by atoms with Gasteiger partial charge in [0, 0.05) is 23.2 Å². The van der Waals surface area contributed by atoms with Gasteiger partial charge in [-0.15, -0.1) is 11.3 Å². The molecular weight excluding hydrogens is 416 g/mol. The van der Waals surface area contributed by atoms with E-state index in [1.165, 1.54) is 17.8 Å². The summed E-state index contributed by atoms with van der Waals surface area (Å²) < 4.78 is 10.6. The van der Waals surface area contributed by atoms with Crippen LogP contribution in [0.1, 0.15) is 55.2 Å². The second-order valence-corrected chi connectivity index (χ2v) is 8.46. The molecule has 8 nitrogen and oxygen atoms in total. The molecule has 9 heteroatoms. The lowest BCUT2D eigenvalue weighted by atomic mass is 9.94. The molecule has 3 aromatic rings. The molecule has 0 bridgehead atoms. The first kappa shape index (κ1) is 21.2. The number of aromatic nitrogens is 3. The molecule has 0 aliphatic heterocycles. The van der Waals surface area contributed by atoms with Gasteiger partial charge in [0.1, 0.15) is 0 Å². The number of ether oxygens (including phenoxy) is 1. The number of thiazole rings is 1. The van der Waals surface area contributed by atoms with E-state index in [-0.39, 0.29) is 11.9 Å². The normalized spacial score (nSPS) is 15.4. The summed E-state index contributed by atoms with van der Waals surface area (Å²) in [7, 11) is 0. The van der Waals surface area contributed by atoms with Crippen molar-refractivity contribution >= 4 is 28.3 Å². The molecule has 4 rings (SSSR count). The minimum atomic E-state index is -0.920. The lowest BCUT2D eigenvalue weighted by Crippen LogP contribution is -2.47. The van der Waals surface area contributed by atoms with Gasteiger partial charge >= 0.3 is 5.97 Å². The van der Waals surface area contributed by atoms with Gasteiger partial charge in [0.25, 0.3) is 11.8 Å². The molecule has 1 aliphatic rings. The maximum Gasteiger partial charge on any atom is 0.338 e. The van der Waals surface area contributed by atoms with E-state index >= 15 is 0 Å². The van der Waals surface area contributed by atoms with Gasteiger partial charge in [0.15, 0.2) is 17.1 Å². The van der Waals surface area contributed by atoms with E-state index in [0.29, 0.717) is 28.0 Å². The minimum absolute atomic E-state index is 0.0886. The number of aryl methyl sites for hydroxylation is 1. The highest BCUT2D eigenvalue weighted by molar-refractivity contribution is 7.13. The van der Waals surface area contributed by atoms with Crippen LogP contribution in [-0.2, 0) is 9.53 Å². The molecule has 1 saturated carbocycles. The quantitative estimate of drug-likeness (QED) is 0.524. The maximum absolute atomic E-state index is 13.2. The minimum Gasteiger partial charge on any atom is -0.449 e. The van der Waals surface area contributed by atoms with Crippen LogP contribution in [0.5, 0.6) is 0 Å². The standard InChI is InChI=1S/C22H24N4O4S/c1-14(20(27)26(22-23-12-13-31-22)18-6-4-3-5-7-18)29-21(28)17-10-8-16(9-11-17)19-24-15(2)25-30-19/h8-14,18H,3-7H2,1-2H3. The zero-order chi connectivity index (χ0) is 21.8. The van der Waals surface area contributed by atoms with Crippen LogP contribution in [0.3, 0.4) is 0 Å². The highest BCUT2D eigenvalue weighted by Gasteiger charge is 2.33. The van der Waals surface area contributed by atoms with Crippen LogP contribution in [0.2, 0.25) is 0 Å². The van der Waals surface area contributed by atoms with E-state index in [1.807, 2.05) is 5.38 Å².